The Hall–Kier alpha value is -2.52. The van der Waals surface area contributed by atoms with E-state index >= 15 is 0 Å². The van der Waals surface area contributed by atoms with Crippen molar-refractivity contribution in [2.45, 2.75) is 13.0 Å². The molecule has 1 heterocycles. The van der Waals surface area contributed by atoms with Crippen molar-refractivity contribution >= 4 is 15.9 Å². The van der Waals surface area contributed by atoms with Crippen LogP contribution < -0.4 is 14.8 Å². The average molecular weight is 396 g/mol. The minimum absolute atomic E-state index is 0.169. The first-order chi connectivity index (χ1) is 12.8. The van der Waals surface area contributed by atoms with Crippen LogP contribution in [0.5, 0.6) is 11.5 Å². The Labute approximate surface area is 159 Å². The van der Waals surface area contributed by atoms with Gasteiger partial charge in [0, 0.05) is 6.54 Å². The molecule has 0 spiro atoms. The van der Waals surface area contributed by atoms with E-state index in [0.717, 1.165) is 16.1 Å². The van der Waals surface area contributed by atoms with Gasteiger partial charge in [0.25, 0.3) is 0 Å². The number of hydrogen-bond acceptors (Lipinski definition) is 6. The maximum absolute atomic E-state index is 12.1. The van der Waals surface area contributed by atoms with Crippen molar-refractivity contribution in [2.75, 3.05) is 33.6 Å². The zero-order chi connectivity index (χ0) is 19.9. The molecule has 0 radical (unpaired) electrons. The molecule has 0 unspecified atom stereocenters. The third-order valence-corrected chi connectivity index (χ3v) is 5.18. The number of methoxy groups -OCH3 is 2. The second-order valence-corrected chi connectivity index (χ2v) is 7.87. The van der Waals surface area contributed by atoms with Crippen molar-refractivity contribution in [2.24, 2.45) is 0 Å². The van der Waals surface area contributed by atoms with E-state index in [1.807, 2.05) is 6.07 Å². The number of nitrogens with zero attached hydrogens (tertiary/aromatic N) is 1. The average Bonchev–Trinajstić information content (AvgIpc) is 3.15. The summed E-state index contributed by atoms with van der Waals surface area (Å²) >= 11 is 0. The number of hydrogen-bond donors (Lipinski definition) is 1. The lowest BCUT2D eigenvalue weighted by Gasteiger charge is -2.19. The second kappa shape index (κ2) is 9.43. The number of rotatable bonds is 10. The second-order valence-electron chi connectivity index (χ2n) is 5.89. The molecule has 9 heteroatoms. The van der Waals surface area contributed by atoms with Crippen molar-refractivity contribution in [3.05, 3.63) is 47.9 Å². The predicted molar refractivity (Wildman–Crippen MR) is 100 cm³/mol. The zero-order valence-electron chi connectivity index (χ0n) is 15.6. The van der Waals surface area contributed by atoms with Gasteiger partial charge in [-0.3, -0.25) is 4.79 Å². The van der Waals surface area contributed by atoms with Gasteiger partial charge in [0.2, 0.25) is 15.9 Å². The van der Waals surface area contributed by atoms with Gasteiger partial charge in [0.15, 0.2) is 11.5 Å². The third kappa shape index (κ3) is 6.30. The van der Waals surface area contributed by atoms with Gasteiger partial charge < -0.3 is 19.2 Å². The topological polar surface area (TPSA) is 98.1 Å². The summed E-state index contributed by atoms with van der Waals surface area (Å²) in [4.78, 5) is 12.1. The van der Waals surface area contributed by atoms with Crippen LogP contribution in [0.15, 0.2) is 41.0 Å². The molecule has 0 saturated heterocycles. The molecule has 0 fully saturated rings. The Kier molecular flexibility index (Phi) is 7.26. The molecular formula is C18H24N2O6S. The third-order valence-electron chi connectivity index (χ3n) is 3.93. The molecule has 1 N–H and O–H groups in total. The highest BCUT2D eigenvalue weighted by atomic mass is 32.2. The summed E-state index contributed by atoms with van der Waals surface area (Å²) in [6.07, 6.45) is 3.02. The van der Waals surface area contributed by atoms with Crippen LogP contribution in [0.1, 0.15) is 11.3 Å². The molecule has 0 atom stereocenters. The highest BCUT2D eigenvalue weighted by Gasteiger charge is 2.20. The number of benzene rings is 1. The van der Waals surface area contributed by atoms with Crippen molar-refractivity contribution < 1.29 is 27.1 Å². The summed E-state index contributed by atoms with van der Waals surface area (Å²) in [6, 6.07) is 8.82. The Morgan fingerprint density at radius 3 is 2.52 bits per heavy atom. The fourth-order valence-electron chi connectivity index (χ4n) is 2.47. The van der Waals surface area contributed by atoms with Gasteiger partial charge in [-0.1, -0.05) is 6.07 Å². The van der Waals surface area contributed by atoms with E-state index in [2.05, 4.69) is 5.32 Å². The quantitative estimate of drug-likeness (QED) is 0.652. The summed E-state index contributed by atoms with van der Waals surface area (Å²) in [5.74, 6) is 1.36. The number of carbonyl (C=O) groups excluding carboxylic acids is 1. The molecule has 1 aromatic carbocycles. The highest BCUT2D eigenvalue weighted by Crippen LogP contribution is 2.27. The Bertz CT molecular complexity index is 849. The summed E-state index contributed by atoms with van der Waals surface area (Å²) in [7, 11) is -0.456. The lowest BCUT2D eigenvalue weighted by molar-refractivity contribution is -0.121. The van der Waals surface area contributed by atoms with Gasteiger partial charge in [0.1, 0.15) is 5.76 Å². The Morgan fingerprint density at radius 1 is 1.19 bits per heavy atom. The van der Waals surface area contributed by atoms with E-state index in [9.17, 15) is 13.2 Å². The van der Waals surface area contributed by atoms with Gasteiger partial charge in [0.05, 0.1) is 39.8 Å². The van der Waals surface area contributed by atoms with E-state index < -0.39 is 15.9 Å². The van der Waals surface area contributed by atoms with Gasteiger partial charge >= 0.3 is 0 Å². The molecule has 1 amide bonds. The maximum Gasteiger partial charge on any atom is 0.235 e. The normalized spacial score (nSPS) is 11.4. The van der Waals surface area contributed by atoms with Crippen molar-refractivity contribution in [3.8, 4) is 11.5 Å². The van der Waals surface area contributed by atoms with Crippen molar-refractivity contribution in [3.63, 3.8) is 0 Å². The lowest BCUT2D eigenvalue weighted by Crippen LogP contribution is -2.41. The fourth-order valence-corrected chi connectivity index (χ4v) is 3.24. The first kappa shape index (κ1) is 20.8. The number of ether oxygens (including phenoxy) is 2. The van der Waals surface area contributed by atoms with Crippen LogP contribution >= 0.6 is 0 Å². The molecular weight excluding hydrogens is 372 g/mol. The predicted octanol–water partition coefficient (Wildman–Crippen LogP) is 1.42. The number of furan rings is 1. The van der Waals surface area contributed by atoms with E-state index in [-0.39, 0.29) is 19.6 Å². The minimum atomic E-state index is -3.54. The van der Waals surface area contributed by atoms with Gasteiger partial charge in [-0.05, 0) is 36.2 Å². The van der Waals surface area contributed by atoms with Crippen LogP contribution in [0.25, 0.3) is 0 Å². The van der Waals surface area contributed by atoms with Crippen LogP contribution in [0.3, 0.4) is 0 Å². The molecule has 0 aliphatic carbocycles. The largest absolute Gasteiger partial charge is 0.493 e. The maximum atomic E-state index is 12.1. The summed E-state index contributed by atoms with van der Waals surface area (Å²) in [6.45, 7) is 0.119. The number of sulfonamides is 1. The monoisotopic (exact) mass is 396 g/mol. The summed E-state index contributed by atoms with van der Waals surface area (Å²) < 4.78 is 40.8. The summed E-state index contributed by atoms with van der Waals surface area (Å²) in [5.41, 5.74) is 0.872. The standard InChI is InChI=1S/C18H24N2O6S/c1-24-16-7-6-14(11-17(16)25-2)8-9-20(27(3,22)23)13-18(21)19-12-15-5-4-10-26-15/h4-7,10-11H,8-9,12-13H2,1-3H3,(H,19,21). The van der Waals surface area contributed by atoms with Crippen LogP contribution in [-0.2, 0) is 27.8 Å². The molecule has 0 aliphatic rings. The Morgan fingerprint density at radius 2 is 1.93 bits per heavy atom. The molecule has 0 aliphatic heterocycles. The SMILES string of the molecule is COc1ccc(CCN(CC(=O)NCc2ccco2)S(C)(=O)=O)cc1OC. The molecule has 1 aromatic heterocycles. The molecule has 0 bridgehead atoms. The van der Waals surface area contributed by atoms with E-state index in [1.165, 1.54) is 13.4 Å². The first-order valence-corrected chi connectivity index (χ1v) is 10.1. The molecule has 0 saturated carbocycles. The smallest absolute Gasteiger partial charge is 0.235 e. The van der Waals surface area contributed by atoms with Crippen molar-refractivity contribution in [1.29, 1.82) is 0 Å². The number of nitrogens with one attached hydrogen (secondary N) is 1. The minimum Gasteiger partial charge on any atom is -0.493 e. The molecule has 8 nitrogen and oxygen atoms in total. The van der Waals surface area contributed by atoms with Gasteiger partial charge in [-0.15, -0.1) is 0 Å². The van der Waals surface area contributed by atoms with E-state index in [0.29, 0.717) is 23.7 Å². The highest BCUT2D eigenvalue weighted by molar-refractivity contribution is 7.88. The Balaban J connectivity index is 1.97. The summed E-state index contributed by atoms with van der Waals surface area (Å²) in [5, 5.41) is 2.64. The molecule has 148 valence electrons. The first-order valence-electron chi connectivity index (χ1n) is 8.28. The van der Waals surface area contributed by atoms with Crippen LogP contribution in [0, 0.1) is 0 Å². The van der Waals surface area contributed by atoms with Crippen molar-refractivity contribution in [1.82, 2.24) is 9.62 Å². The molecule has 2 aromatic rings. The van der Waals surface area contributed by atoms with E-state index in [4.69, 9.17) is 13.9 Å². The lowest BCUT2D eigenvalue weighted by atomic mass is 10.1. The van der Waals surface area contributed by atoms with E-state index in [1.54, 1.807) is 31.4 Å². The van der Waals surface area contributed by atoms with Crippen LogP contribution in [0.4, 0.5) is 0 Å². The van der Waals surface area contributed by atoms with Crippen LogP contribution in [0.2, 0.25) is 0 Å². The fraction of sp³-hybridized carbons (Fsp3) is 0.389. The number of carbonyl (C=O) groups is 1. The molecule has 2 rings (SSSR count). The van der Waals surface area contributed by atoms with Gasteiger partial charge in [-0.2, -0.15) is 4.31 Å². The number of amides is 1. The zero-order valence-corrected chi connectivity index (χ0v) is 16.4. The van der Waals surface area contributed by atoms with Crippen LogP contribution in [-0.4, -0.2) is 52.2 Å². The van der Waals surface area contributed by atoms with Gasteiger partial charge in [-0.25, -0.2) is 8.42 Å². The molecule has 27 heavy (non-hydrogen) atoms.